The average molecular weight is 378 g/mol. The third-order valence-corrected chi connectivity index (χ3v) is 2.55. The highest BCUT2D eigenvalue weighted by Gasteiger charge is 2.95. The van der Waals surface area contributed by atoms with Crippen LogP contribution in [0.15, 0.2) is 11.7 Å². The number of allylic oxidation sites excluding steroid dienone is 1. The van der Waals surface area contributed by atoms with Gasteiger partial charge in [-0.3, -0.25) is 4.74 Å². The van der Waals surface area contributed by atoms with Crippen molar-refractivity contribution in [3.63, 3.8) is 0 Å². The van der Waals surface area contributed by atoms with Gasteiger partial charge in [0.1, 0.15) is 0 Å². The van der Waals surface area contributed by atoms with Crippen LogP contribution in [-0.2, 0) is 4.74 Å². The van der Waals surface area contributed by atoms with Crippen molar-refractivity contribution in [2.45, 2.75) is 35.9 Å². The van der Waals surface area contributed by atoms with Gasteiger partial charge in [-0.25, -0.2) is 4.39 Å². The first-order valence-corrected chi connectivity index (χ1v) is 4.80. The third-order valence-electron chi connectivity index (χ3n) is 2.55. The van der Waals surface area contributed by atoms with Crippen LogP contribution in [0.4, 0.5) is 61.5 Å². The van der Waals surface area contributed by atoms with Gasteiger partial charge < -0.3 is 0 Å². The molecule has 0 aromatic rings. The molecule has 1 heterocycles. The fourth-order valence-electron chi connectivity index (χ4n) is 1.35. The lowest BCUT2D eigenvalue weighted by Crippen LogP contribution is -2.60. The average Bonchev–Trinajstić information content (AvgIpc) is 2.42. The van der Waals surface area contributed by atoms with E-state index in [-0.39, 0.29) is 0 Å². The van der Waals surface area contributed by atoms with E-state index in [0.29, 0.717) is 0 Å². The minimum absolute atomic E-state index is 1.86. The Labute approximate surface area is 115 Å². The van der Waals surface area contributed by atoms with E-state index in [0.717, 1.165) is 0 Å². The molecule has 15 heteroatoms. The summed E-state index contributed by atoms with van der Waals surface area (Å²) in [4.78, 5) is 0. The van der Waals surface area contributed by atoms with Gasteiger partial charge in [-0.1, -0.05) is 0 Å². The molecule has 0 aromatic heterocycles. The van der Waals surface area contributed by atoms with Crippen molar-refractivity contribution in [1.29, 1.82) is 0 Å². The van der Waals surface area contributed by atoms with Crippen LogP contribution in [0.25, 0.3) is 0 Å². The molecule has 1 fully saturated rings. The maximum atomic E-state index is 13.4. The van der Waals surface area contributed by atoms with Crippen LogP contribution >= 0.6 is 0 Å². The Morgan fingerprint density at radius 1 is 0.652 bits per heavy atom. The number of rotatable bonds is 2. The molecule has 136 valence electrons. The predicted molar refractivity (Wildman–Crippen MR) is 40.0 cm³/mol. The zero-order valence-electron chi connectivity index (χ0n) is 9.70. The van der Waals surface area contributed by atoms with E-state index in [1.165, 1.54) is 0 Å². The molecule has 0 radical (unpaired) electrons. The van der Waals surface area contributed by atoms with E-state index in [1.54, 1.807) is 0 Å². The van der Waals surface area contributed by atoms with Crippen LogP contribution in [-0.4, -0.2) is 35.9 Å². The molecule has 1 atom stereocenters. The lowest BCUT2D eigenvalue weighted by molar-refractivity contribution is -0.371. The molecule has 0 amide bonds. The Balaban J connectivity index is 3.62. The van der Waals surface area contributed by atoms with E-state index >= 15 is 0 Å². The summed E-state index contributed by atoms with van der Waals surface area (Å²) in [6.45, 7) is 0. The van der Waals surface area contributed by atoms with Gasteiger partial charge >= 0.3 is 35.9 Å². The number of hydrogen-bond donors (Lipinski definition) is 0. The summed E-state index contributed by atoms with van der Waals surface area (Å²) in [6.07, 6.45) is -13.3. The van der Waals surface area contributed by atoms with Gasteiger partial charge in [0.15, 0.2) is 0 Å². The normalized spacial score (nSPS) is 31.0. The van der Waals surface area contributed by atoms with E-state index in [9.17, 15) is 61.5 Å². The van der Waals surface area contributed by atoms with E-state index in [4.69, 9.17) is 0 Å². The molecule has 1 aliphatic heterocycles. The van der Waals surface area contributed by atoms with Crippen molar-refractivity contribution >= 4 is 0 Å². The first-order chi connectivity index (χ1) is 9.77. The smallest absolute Gasteiger partial charge is 0.266 e. The Morgan fingerprint density at radius 3 is 1.30 bits per heavy atom. The van der Waals surface area contributed by atoms with Crippen LogP contribution in [0.3, 0.4) is 0 Å². The number of halogens is 14. The maximum absolute atomic E-state index is 13.4. The maximum Gasteiger partial charge on any atom is 0.445 e. The highest BCUT2D eigenvalue weighted by molar-refractivity contribution is 5.24. The zero-order valence-corrected chi connectivity index (χ0v) is 9.70. The minimum Gasteiger partial charge on any atom is -0.266 e. The van der Waals surface area contributed by atoms with Crippen molar-refractivity contribution in [3.8, 4) is 0 Å². The quantitative estimate of drug-likeness (QED) is 0.622. The van der Waals surface area contributed by atoms with Gasteiger partial charge in [-0.2, -0.15) is 57.1 Å². The summed E-state index contributed by atoms with van der Waals surface area (Å²) in [5.41, 5.74) is 0. The Kier molecular flexibility index (Phi) is 3.98. The van der Waals surface area contributed by atoms with E-state index in [1.807, 2.05) is 4.74 Å². The summed E-state index contributed by atoms with van der Waals surface area (Å²) in [5.74, 6) is -37.6. The SMILES string of the molecule is FC(=C(F)C(F)(F)C1(F)OC(F)(F)C(F)(F)C1(F)F)C(F)(F)F. The molecule has 0 N–H and O–H groups in total. The fraction of sp³-hybridized carbons (Fsp3) is 0.750. The number of alkyl halides is 12. The van der Waals surface area contributed by atoms with E-state index in [2.05, 4.69) is 0 Å². The first-order valence-electron chi connectivity index (χ1n) is 4.80. The van der Waals surface area contributed by atoms with Gasteiger partial charge in [0.05, 0.1) is 0 Å². The summed E-state index contributed by atoms with van der Waals surface area (Å²) < 4.78 is 177. The van der Waals surface area contributed by atoms with Crippen molar-refractivity contribution in [2.24, 2.45) is 0 Å². The molecule has 0 spiro atoms. The molecular formula is C8F14O. The molecular weight excluding hydrogens is 378 g/mol. The first kappa shape index (κ1) is 19.8. The van der Waals surface area contributed by atoms with Crippen molar-refractivity contribution in [1.82, 2.24) is 0 Å². The molecule has 1 saturated heterocycles. The largest absolute Gasteiger partial charge is 0.445 e. The van der Waals surface area contributed by atoms with Crippen molar-refractivity contribution in [2.75, 3.05) is 0 Å². The van der Waals surface area contributed by atoms with Gasteiger partial charge in [0.25, 0.3) is 0 Å². The van der Waals surface area contributed by atoms with Crippen molar-refractivity contribution in [3.05, 3.63) is 11.7 Å². The molecule has 1 rings (SSSR count). The molecule has 0 aromatic carbocycles. The topological polar surface area (TPSA) is 9.23 Å². The molecule has 1 aliphatic rings. The van der Waals surface area contributed by atoms with Gasteiger partial charge in [0.2, 0.25) is 11.7 Å². The lowest BCUT2D eigenvalue weighted by atomic mass is 9.98. The summed E-state index contributed by atoms with van der Waals surface area (Å²) in [6, 6.07) is 0. The highest BCUT2D eigenvalue weighted by Crippen LogP contribution is 2.66. The van der Waals surface area contributed by atoms with Crippen LogP contribution in [0, 0.1) is 0 Å². The van der Waals surface area contributed by atoms with Gasteiger partial charge in [-0.05, 0) is 0 Å². The lowest BCUT2D eigenvalue weighted by Gasteiger charge is -2.31. The molecule has 23 heavy (non-hydrogen) atoms. The third kappa shape index (κ3) is 2.26. The standard InChI is InChI=1S/C8F14O/c9-1(2(10)4(13,14)15)3(11,12)7(20)5(16,17)6(18,19)8(21,22)23-7. The van der Waals surface area contributed by atoms with Gasteiger partial charge in [-0.15, -0.1) is 0 Å². The van der Waals surface area contributed by atoms with Crippen LogP contribution in [0.2, 0.25) is 0 Å². The van der Waals surface area contributed by atoms with Crippen molar-refractivity contribution < 1.29 is 66.2 Å². The highest BCUT2D eigenvalue weighted by atomic mass is 19.4. The predicted octanol–water partition coefficient (Wildman–Crippen LogP) is 4.89. The Bertz CT molecular complexity index is 529. The summed E-state index contributed by atoms with van der Waals surface area (Å²) >= 11 is 0. The molecule has 0 aliphatic carbocycles. The summed E-state index contributed by atoms with van der Waals surface area (Å²) in [7, 11) is 0. The Hall–Kier alpha value is -1.28. The summed E-state index contributed by atoms with van der Waals surface area (Å²) in [5, 5.41) is 0. The number of ether oxygens (including phenoxy) is 1. The van der Waals surface area contributed by atoms with E-state index < -0.39 is 47.6 Å². The zero-order chi connectivity index (χ0) is 18.9. The second-order valence-electron chi connectivity index (χ2n) is 4.06. The van der Waals surface area contributed by atoms with Crippen LogP contribution in [0.1, 0.15) is 0 Å². The van der Waals surface area contributed by atoms with Crippen LogP contribution in [0.5, 0.6) is 0 Å². The molecule has 1 unspecified atom stereocenters. The Morgan fingerprint density at radius 2 is 1.04 bits per heavy atom. The molecule has 0 saturated carbocycles. The monoisotopic (exact) mass is 378 g/mol. The second-order valence-corrected chi connectivity index (χ2v) is 4.06. The molecule has 0 bridgehead atoms. The van der Waals surface area contributed by atoms with Crippen LogP contribution < -0.4 is 0 Å². The fourth-order valence-corrected chi connectivity index (χ4v) is 1.35. The molecule has 1 nitrogen and oxygen atoms in total. The minimum atomic E-state index is -7.23. The second kappa shape index (κ2) is 4.63. The van der Waals surface area contributed by atoms with Gasteiger partial charge in [0, 0.05) is 0 Å². The number of hydrogen-bond acceptors (Lipinski definition) is 1.